The molecule has 0 spiro atoms. The first-order chi connectivity index (χ1) is 13.7. The lowest BCUT2D eigenvalue weighted by Gasteiger charge is -2.13. The Hall–Kier alpha value is -2.66. The molecule has 0 bridgehead atoms. The third kappa shape index (κ3) is 4.67. The van der Waals surface area contributed by atoms with Crippen LogP contribution in [-0.2, 0) is 11.0 Å². The number of hydrogen-bond acceptors (Lipinski definition) is 6. The first-order valence-electron chi connectivity index (χ1n) is 7.99. The zero-order chi connectivity index (χ0) is 21.2. The van der Waals surface area contributed by atoms with E-state index >= 15 is 0 Å². The van der Waals surface area contributed by atoms with Gasteiger partial charge in [-0.05, 0) is 18.2 Å². The Bertz CT molecular complexity index is 1060. The summed E-state index contributed by atoms with van der Waals surface area (Å²) in [5.41, 5.74) is -0.271. The van der Waals surface area contributed by atoms with Crippen molar-refractivity contribution < 1.29 is 27.4 Å². The molecule has 3 aromatic rings. The van der Waals surface area contributed by atoms with Crippen molar-refractivity contribution in [3.8, 4) is 11.5 Å². The van der Waals surface area contributed by atoms with Crippen LogP contribution in [0.25, 0.3) is 5.65 Å². The van der Waals surface area contributed by atoms with E-state index in [2.05, 4.69) is 15.5 Å². The molecule has 12 heteroatoms. The van der Waals surface area contributed by atoms with Crippen LogP contribution < -0.4 is 14.8 Å². The molecule has 0 saturated heterocycles. The normalized spacial score (nSPS) is 11.5. The second kappa shape index (κ2) is 8.37. The molecule has 29 heavy (non-hydrogen) atoms. The Balaban J connectivity index is 1.74. The zero-order valence-corrected chi connectivity index (χ0v) is 16.7. The number of aromatic nitrogens is 3. The molecule has 1 amide bonds. The number of rotatable bonds is 6. The molecule has 1 N–H and O–H groups in total. The lowest BCUT2D eigenvalue weighted by atomic mass is 10.2. The molecule has 0 saturated carbocycles. The molecule has 0 fully saturated rings. The minimum absolute atomic E-state index is 0.121. The first-order valence-corrected chi connectivity index (χ1v) is 9.35. The summed E-state index contributed by atoms with van der Waals surface area (Å²) in [6, 6.07) is 5.13. The average Bonchev–Trinajstić information content (AvgIpc) is 3.08. The van der Waals surface area contributed by atoms with E-state index in [1.165, 1.54) is 36.8 Å². The topological polar surface area (TPSA) is 77.8 Å². The number of hydrogen-bond donors (Lipinski definition) is 1. The summed E-state index contributed by atoms with van der Waals surface area (Å²) in [4.78, 5) is 12.3. The highest BCUT2D eigenvalue weighted by Gasteiger charge is 2.31. The first kappa shape index (κ1) is 21.1. The molecule has 3 rings (SSSR count). The maximum atomic E-state index is 12.9. The summed E-state index contributed by atoms with van der Waals surface area (Å²) in [5.74, 6) is 0.168. The number of benzene rings is 1. The second-order valence-electron chi connectivity index (χ2n) is 5.65. The van der Waals surface area contributed by atoms with Gasteiger partial charge in [0.1, 0.15) is 11.5 Å². The van der Waals surface area contributed by atoms with E-state index in [0.717, 1.165) is 24.0 Å². The van der Waals surface area contributed by atoms with Crippen molar-refractivity contribution in [1.29, 1.82) is 0 Å². The summed E-state index contributed by atoms with van der Waals surface area (Å²) in [5, 5.41) is 10.7. The van der Waals surface area contributed by atoms with Gasteiger partial charge in [-0.1, -0.05) is 23.4 Å². The summed E-state index contributed by atoms with van der Waals surface area (Å²) in [6.07, 6.45) is -3.61. The fourth-order valence-electron chi connectivity index (χ4n) is 2.41. The highest BCUT2D eigenvalue weighted by atomic mass is 35.5. The predicted octanol–water partition coefficient (Wildman–Crippen LogP) is 4.15. The van der Waals surface area contributed by atoms with Gasteiger partial charge in [0.25, 0.3) is 0 Å². The van der Waals surface area contributed by atoms with Crippen LogP contribution >= 0.6 is 23.4 Å². The number of fused-ring (bicyclic) bond motifs is 1. The van der Waals surface area contributed by atoms with Crippen LogP contribution in [0.4, 0.5) is 18.9 Å². The van der Waals surface area contributed by atoms with Crippen LogP contribution in [0.1, 0.15) is 5.56 Å². The van der Waals surface area contributed by atoms with Gasteiger partial charge in [-0.25, -0.2) is 0 Å². The number of thioether (sulfide) groups is 1. The Morgan fingerprint density at radius 2 is 1.93 bits per heavy atom. The van der Waals surface area contributed by atoms with E-state index in [9.17, 15) is 18.0 Å². The van der Waals surface area contributed by atoms with Crippen LogP contribution in [0.5, 0.6) is 11.5 Å². The van der Waals surface area contributed by atoms with Crippen LogP contribution in [0.3, 0.4) is 0 Å². The molecule has 1 aromatic carbocycles. The number of nitrogens with one attached hydrogen (secondary N) is 1. The second-order valence-corrected chi connectivity index (χ2v) is 7.00. The van der Waals surface area contributed by atoms with Crippen molar-refractivity contribution in [2.75, 3.05) is 25.3 Å². The summed E-state index contributed by atoms with van der Waals surface area (Å²) in [7, 11) is 2.87. The largest absolute Gasteiger partial charge is 0.495 e. The molecular weight excluding hydrogens is 433 g/mol. The number of alkyl halides is 3. The van der Waals surface area contributed by atoms with E-state index in [-0.39, 0.29) is 21.6 Å². The maximum Gasteiger partial charge on any atom is 0.417 e. The van der Waals surface area contributed by atoms with E-state index in [0.29, 0.717) is 17.2 Å². The summed E-state index contributed by atoms with van der Waals surface area (Å²) >= 11 is 7.01. The third-order valence-electron chi connectivity index (χ3n) is 3.78. The number of carbonyl (C=O) groups is 1. The summed E-state index contributed by atoms with van der Waals surface area (Å²) in [6.45, 7) is 0. The highest BCUT2D eigenvalue weighted by Crippen LogP contribution is 2.36. The molecule has 7 nitrogen and oxygen atoms in total. The molecule has 2 heterocycles. The monoisotopic (exact) mass is 446 g/mol. The van der Waals surface area contributed by atoms with Gasteiger partial charge in [-0.2, -0.15) is 13.2 Å². The van der Waals surface area contributed by atoms with Crippen molar-refractivity contribution >= 4 is 40.6 Å². The van der Waals surface area contributed by atoms with E-state index < -0.39 is 17.6 Å². The van der Waals surface area contributed by atoms with Gasteiger partial charge in [0.2, 0.25) is 5.91 Å². The molecular formula is C17H14ClF3N4O3S. The Morgan fingerprint density at radius 3 is 2.59 bits per heavy atom. The van der Waals surface area contributed by atoms with Gasteiger partial charge in [0.05, 0.1) is 36.2 Å². The predicted molar refractivity (Wildman–Crippen MR) is 102 cm³/mol. The number of ether oxygens (including phenoxy) is 2. The molecule has 0 atom stereocenters. The van der Waals surface area contributed by atoms with Gasteiger partial charge in [-0.15, -0.1) is 10.2 Å². The van der Waals surface area contributed by atoms with Crippen molar-refractivity contribution in [3.05, 3.63) is 41.0 Å². The number of carbonyl (C=O) groups excluding carboxylic acids is 1. The molecule has 2 aromatic heterocycles. The number of halogens is 4. The minimum atomic E-state index is -4.50. The lowest BCUT2D eigenvalue weighted by molar-refractivity contribution is -0.137. The van der Waals surface area contributed by atoms with Crippen molar-refractivity contribution in [2.45, 2.75) is 11.3 Å². The summed E-state index contributed by atoms with van der Waals surface area (Å²) < 4.78 is 50.2. The van der Waals surface area contributed by atoms with E-state index in [1.54, 1.807) is 0 Å². The van der Waals surface area contributed by atoms with Gasteiger partial charge >= 0.3 is 6.18 Å². The quantitative estimate of drug-likeness (QED) is 0.573. The number of pyridine rings is 1. The maximum absolute atomic E-state index is 12.9. The van der Waals surface area contributed by atoms with Gasteiger partial charge < -0.3 is 14.8 Å². The number of nitrogens with zero attached hydrogens (tertiary/aromatic N) is 3. The fourth-order valence-corrected chi connectivity index (χ4v) is 3.37. The van der Waals surface area contributed by atoms with Crippen LogP contribution in [0.15, 0.2) is 35.6 Å². The molecule has 154 valence electrons. The minimum Gasteiger partial charge on any atom is -0.495 e. The number of amides is 1. The SMILES string of the molecule is COc1cc(OC)c(NC(=O)CSc2nnc3ccc(C(F)(F)F)cn23)cc1Cl. The van der Waals surface area contributed by atoms with Gasteiger partial charge in [-0.3, -0.25) is 9.20 Å². The third-order valence-corrected chi connectivity index (χ3v) is 5.02. The van der Waals surface area contributed by atoms with E-state index in [1.807, 2.05) is 0 Å². The molecule has 0 aliphatic heterocycles. The Labute approximate surface area is 172 Å². The smallest absolute Gasteiger partial charge is 0.417 e. The lowest BCUT2D eigenvalue weighted by Crippen LogP contribution is -2.15. The molecule has 0 unspecified atom stereocenters. The molecule has 0 aliphatic rings. The van der Waals surface area contributed by atoms with Gasteiger partial charge in [0.15, 0.2) is 10.8 Å². The number of methoxy groups -OCH3 is 2. The van der Waals surface area contributed by atoms with Crippen molar-refractivity contribution in [2.24, 2.45) is 0 Å². The average molecular weight is 447 g/mol. The zero-order valence-electron chi connectivity index (χ0n) is 15.1. The van der Waals surface area contributed by atoms with E-state index in [4.69, 9.17) is 21.1 Å². The van der Waals surface area contributed by atoms with Crippen LogP contribution in [0.2, 0.25) is 5.02 Å². The standard InChI is InChI=1S/C17H14ClF3N4O3S/c1-27-12-6-13(28-2)11(5-10(12)18)22-15(26)8-29-16-24-23-14-4-3-9(7-25(14)16)17(19,20)21/h3-7H,8H2,1-2H3,(H,22,26). The molecule has 0 radical (unpaired) electrons. The van der Waals surface area contributed by atoms with Crippen LogP contribution in [-0.4, -0.2) is 40.5 Å². The Morgan fingerprint density at radius 1 is 1.21 bits per heavy atom. The Kier molecular flexibility index (Phi) is 6.08. The number of anilines is 1. The van der Waals surface area contributed by atoms with Crippen LogP contribution in [0, 0.1) is 0 Å². The van der Waals surface area contributed by atoms with Gasteiger partial charge in [0, 0.05) is 12.3 Å². The van der Waals surface area contributed by atoms with Crippen molar-refractivity contribution in [1.82, 2.24) is 14.6 Å². The van der Waals surface area contributed by atoms with Crippen molar-refractivity contribution in [3.63, 3.8) is 0 Å². The highest BCUT2D eigenvalue weighted by molar-refractivity contribution is 7.99. The fraction of sp³-hybridized carbons (Fsp3) is 0.235. The molecule has 0 aliphatic carbocycles.